The smallest absolute Gasteiger partial charge is 0.306 e. The van der Waals surface area contributed by atoms with Crippen molar-refractivity contribution in [1.82, 2.24) is 0 Å². The SMILES string of the molecule is CC/C=C\C/C=C\C/C=C\C/C=C\CCCCCCCCCCCCCCCCCCC(=O)OCC(COC(=O)CCCCCCCCCCCCCC)OC(=O)CCCCCCCCCC/C=C\C/C=C\C/C=C\C/C=C\CC. The number of hydrogen-bond donors (Lipinski definition) is 0. The molecule has 0 N–H and O–H groups in total. The lowest BCUT2D eigenvalue weighted by Gasteiger charge is -2.18. The third kappa shape index (κ3) is 65.1. The van der Waals surface area contributed by atoms with Crippen molar-refractivity contribution >= 4 is 17.9 Å². The molecule has 0 saturated heterocycles. The summed E-state index contributed by atoms with van der Waals surface area (Å²) in [6, 6.07) is 0. The zero-order chi connectivity index (χ0) is 57.8. The first-order valence-electron chi connectivity index (χ1n) is 34.2. The normalized spacial score (nSPS) is 12.7. The van der Waals surface area contributed by atoms with Gasteiger partial charge in [-0.2, -0.15) is 0 Å². The van der Waals surface area contributed by atoms with E-state index in [1.54, 1.807) is 0 Å². The van der Waals surface area contributed by atoms with Crippen LogP contribution in [0.15, 0.2) is 97.2 Å². The third-order valence-corrected chi connectivity index (χ3v) is 14.8. The molecule has 0 spiro atoms. The standard InChI is InChI=1S/C74H128O6/c1-4-7-10-13-16-19-22-25-27-29-31-33-34-35-36-37-38-39-40-42-43-45-47-49-52-55-58-61-64-67-73(76)79-70-71(69-78-72(75)66-63-60-57-54-51-24-21-18-15-12-9-6-3)80-74(77)68-65-62-59-56-53-50-48-46-44-41-32-30-28-26-23-20-17-14-11-8-5-2/h7-8,10-11,16-17,19-20,25-28,31-33,41,71H,4-6,9,12-15,18,21-24,29-30,34-40,42-70H2,1-3H3/b10-7-,11-8-,19-16-,20-17-,27-25-,28-26-,33-31-,41-32-. The lowest BCUT2D eigenvalue weighted by Crippen LogP contribution is -2.30. The maximum atomic E-state index is 12.9. The fourth-order valence-electron chi connectivity index (χ4n) is 9.78. The molecule has 0 aromatic rings. The quantitative estimate of drug-likeness (QED) is 0.0261. The Labute approximate surface area is 496 Å². The largest absolute Gasteiger partial charge is 0.462 e. The van der Waals surface area contributed by atoms with Gasteiger partial charge in [0.05, 0.1) is 0 Å². The molecule has 6 heteroatoms. The van der Waals surface area contributed by atoms with Crippen LogP contribution in [-0.4, -0.2) is 37.2 Å². The van der Waals surface area contributed by atoms with Crippen LogP contribution in [0.1, 0.15) is 335 Å². The van der Waals surface area contributed by atoms with Crippen molar-refractivity contribution in [2.45, 2.75) is 341 Å². The topological polar surface area (TPSA) is 78.9 Å². The number of hydrogen-bond acceptors (Lipinski definition) is 6. The predicted molar refractivity (Wildman–Crippen MR) is 348 cm³/mol. The zero-order valence-corrected chi connectivity index (χ0v) is 52.8. The van der Waals surface area contributed by atoms with E-state index in [-0.39, 0.29) is 31.1 Å². The van der Waals surface area contributed by atoms with Crippen LogP contribution in [0.5, 0.6) is 0 Å². The van der Waals surface area contributed by atoms with Gasteiger partial charge in [-0.1, -0.05) is 317 Å². The number of rotatable bonds is 62. The van der Waals surface area contributed by atoms with Crippen LogP contribution in [-0.2, 0) is 28.6 Å². The van der Waals surface area contributed by atoms with Crippen molar-refractivity contribution < 1.29 is 28.6 Å². The lowest BCUT2D eigenvalue weighted by atomic mass is 10.0. The molecular formula is C74H128O6. The molecule has 0 amide bonds. The minimum Gasteiger partial charge on any atom is -0.462 e. The second-order valence-corrected chi connectivity index (χ2v) is 22.7. The Morgan fingerprint density at radius 3 is 0.762 bits per heavy atom. The predicted octanol–water partition coefficient (Wildman–Crippen LogP) is 23.6. The summed E-state index contributed by atoms with van der Waals surface area (Å²) >= 11 is 0. The first kappa shape index (κ1) is 76.3. The third-order valence-electron chi connectivity index (χ3n) is 14.8. The molecule has 0 bridgehead atoms. The Morgan fingerprint density at radius 2 is 0.487 bits per heavy atom. The average molecular weight is 1110 g/mol. The molecule has 0 fully saturated rings. The van der Waals surface area contributed by atoms with Gasteiger partial charge in [0, 0.05) is 19.3 Å². The van der Waals surface area contributed by atoms with Crippen LogP contribution in [0.25, 0.3) is 0 Å². The molecule has 0 radical (unpaired) electrons. The summed E-state index contributed by atoms with van der Waals surface area (Å²) in [6.07, 6.45) is 91.4. The molecule has 0 aromatic heterocycles. The van der Waals surface area contributed by atoms with E-state index in [4.69, 9.17) is 14.2 Å². The number of allylic oxidation sites excluding steroid dienone is 16. The van der Waals surface area contributed by atoms with Crippen LogP contribution >= 0.6 is 0 Å². The molecule has 1 atom stereocenters. The summed E-state index contributed by atoms with van der Waals surface area (Å²) in [5, 5.41) is 0. The molecule has 0 aliphatic rings. The van der Waals surface area contributed by atoms with Crippen molar-refractivity contribution in [3.8, 4) is 0 Å². The summed E-state index contributed by atoms with van der Waals surface area (Å²) in [7, 11) is 0. The van der Waals surface area contributed by atoms with Gasteiger partial charge >= 0.3 is 17.9 Å². The fraction of sp³-hybridized carbons (Fsp3) is 0.743. The second kappa shape index (κ2) is 67.8. The number of carbonyl (C=O) groups is 3. The Hall–Kier alpha value is -3.67. The van der Waals surface area contributed by atoms with E-state index in [9.17, 15) is 14.4 Å². The van der Waals surface area contributed by atoms with E-state index in [0.717, 1.165) is 116 Å². The Morgan fingerprint density at radius 1 is 0.263 bits per heavy atom. The molecule has 0 saturated carbocycles. The van der Waals surface area contributed by atoms with Crippen LogP contribution in [0.4, 0.5) is 0 Å². The molecule has 80 heavy (non-hydrogen) atoms. The molecule has 1 unspecified atom stereocenters. The molecule has 460 valence electrons. The second-order valence-electron chi connectivity index (χ2n) is 22.7. The number of unbranched alkanes of at least 4 members (excludes halogenated alkanes) is 35. The zero-order valence-electron chi connectivity index (χ0n) is 52.8. The van der Waals surface area contributed by atoms with Gasteiger partial charge in [-0.05, 0) is 96.3 Å². The first-order valence-corrected chi connectivity index (χ1v) is 34.2. The molecule has 0 heterocycles. The van der Waals surface area contributed by atoms with E-state index in [2.05, 4.69) is 118 Å². The fourth-order valence-corrected chi connectivity index (χ4v) is 9.78. The van der Waals surface area contributed by atoms with Gasteiger partial charge in [-0.25, -0.2) is 0 Å². The molecule has 6 nitrogen and oxygen atoms in total. The number of ether oxygens (including phenoxy) is 3. The van der Waals surface area contributed by atoms with E-state index in [1.807, 2.05) is 0 Å². The molecule has 0 aromatic carbocycles. The highest BCUT2D eigenvalue weighted by atomic mass is 16.6. The highest BCUT2D eigenvalue weighted by Gasteiger charge is 2.19. The number of carbonyl (C=O) groups excluding carboxylic acids is 3. The van der Waals surface area contributed by atoms with E-state index < -0.39 is 6.10 Å². The number of esters is 3. The minimum absolute atomic E-state index is 0.0764. The highest BCUT2D eigenvalue weighted by molar-refractivity contribution is 5.71. The highest BCUT2D eigenvalue weighted by Crippen LogP contribution is 2.17. The molecular weight excluding hydrogens is 985 g/mol. The van der Waals surface area contributed by atoms with Crippen molar-refractivity contribution in [1.29, 1.82) is 0 Å². The van der Waals surface area contributed by atoms with Crippen molar-refractivity contribution in [2.75, 3.05) is 13.2 Å². The molecule has 0 rings (SSSR count). The lowest BCUT2D eigenvalue weighted by molar-refractivity contribution is -0.167. The van der Waals surface area contributed by atoms with Gasteiger partial charge in [0.1, 0.15) is 13.2 Å². The van der Waals surface area contributed by atoms with E-state index in [1.165, 1.54) is 180 Å². The van der Waals surface area contributed by atoms with Gasteiger partial charge in [0.2, 0.25) is 0 Å². The van der Waals surface area contributed by atoms with E-state index in [0.29, 0.717) is 19.3 Å². The monoisotopic (exact) mass is 1110 g/mol. The van der Waals surface area contributed by atoms with Gasteiger partial charge in [0.25, 0.3) is 0 Å². The minimum atomic E-state index is -0.781. The van der Waals surface area contributed by atoms with Gasteiger partial charge < -0.3 is 14.2 Å². The van der Waals surface area contributed by atoms with Crippen LogP contribution in [0.2, 0.25) is 0 Å². The van der Waals surface area contributed by atoms with Gasteiger partial charge in [-0.15, -0.1) is 0 Å². The average Bonchev–Trinajstić information content (AvgIpc) is 3.46. The summed E-state index contributed by atoms with van der Waals surface area (Å²) in [5.74, 6) is -0.869. The van der Waals surface area contributed by atoms with Gasteiger partial charge in [-0.3, -0.25) is 14.4 Å². The molecule has 0 aliphatic heterocycles. The van der Waals surface area contributed by atoms with Crippen LogP contribution in [0, 0.1) is 0 Å². The maximum Gasteiger partial charge on any atom is 0.306 e. The van der Waals surface area contributed by atoms with Crippen molar-refractivity contribution in [3.05, 3.63) is 97.2 Å². The van der Waals surface area contributed by atoms with Gasteiger partial charge in [0.15, 0.2) is 6.10 Å². The summed E-state index contributed by atoms with van der Waals surface area (Å²) in [4.78, 5) is 38.4. The summed E-state index contributed by atoms with van der Waals surface area (Å²) in [5.41, 5.74) is 0. The Balaban J connectivity index is 4.23. The summed E-state index contributed by atoms with van der Waals surface area (Å²) in [6.45, 7) is 6.44. The molecule has 0 aliphatic carbocycles. The first-order chi connectivity index (χ1) is 39.5. The van der Waals surface area contributed by atoms with E-state index >= 15 is 0 Å². The van der Waals surface area contributed by atoms with Crippen LogP contribution in [0.3, 0.4) is 0 Å². The van der Waals surface area contributed by atoms with Crippen molar-refractivity contribution in [2.24, 2.45) is 0 Å². The van der Waals surface area contributed by atoms with Crippen molar-refractivity contribution in [3.63, 3.8) is 0 Å². The summed E-state index contributed by atoms with van der Waals surface area (Å²) < 4.78 is 17.0. The Bertz CT molecular complexity index is 1560. The Kier molecular flexibility index (Phi) is 64.7. The van der Waals surface area contributed by atoms with Crippen LogP contribution < -0.4 is 0 Å². The maximum absolute atomic E-state index is 12.9.